The van der Waals surface area contributed by atoms with Crippen LogP contribution < -0.4 is 0 Å². The van der Waals surface area contributed by atoms with E-state index in [1.807, 2.05) is 25.1 Å². The fourth-order valence-electron chi connectivity index (χ4n) is 1.01. The van der Waals surface area contributed by atoms with Crippen LogP contribution in [0.3, 0.4) is 0 Å². The molecule has 0 saturated carbocycles. The van der Waals surface area contributed by atoms with Gasteiger partial charge in [0.2, 0.25) is 0 Å². The average Bonchev–Trinajstić information content (AvgIpc) is 2.16. The number of hydrogen-bond donors (Lipinski definition) is 1. The Bertz CT molecular complexity index is 330. The van der Waals surface area contributed by atoms with Crippen molar-refractivity contribution in [3.8, 4) is 6.07 Å². The van der Waals surface area contributed by atoms with E-state index in [4.69, 9.17) is 10.4 Å². The molecule has 0 aromatic heterocycles. The molecular formula is C10H11NOS. The molecule has 0 aliphatic heterocycles. The Morgan fingerprint density at radius 2 is 2.31 bits per heavy atom. The standard InChI is InChI=1S/C10H11NOS/c1-8-2-3-10(13-5-4-12)9(6-8)7-11/h2-3,6,12H,4-5H2,1H3. The smallest absolute Gasteiger partial charge is 0.100 e. The van der Waals surface area contributed by atoms with E-state index in [0.717, 1.165) is 10.5 Å². The fourth-order valence-corrected chi connectivity index (χ4v) is 1.75. The molecule has 0 bridgehead atoms. The molecule has 0 saturated heterocycles. The molecule has 1 aromatic rings. The molecule has 1 rings (SSSR count). The maximum absolute atomic E-state index is 8.82. The highest BCUT2D eigenvalue weighted by atomic mass is 32.2. The van der Waals surface area contributed by atoms with Gasteiger partial charge >= 0.3 is 0 Å². The number of nitriles is 1. The van der Waals surface area contributed by atoms with E-state index in [1.54, 1.807) is 0 Å². The summed E-state index contributed by atoms with van der Waals surface area (Å²) in [6.07, 6.45) is 0. The lowest BCUT2D eigenvalue weighted by Crippen LogP contribution is -1.88. The first-order valence-electron chi connectivity index (χ1n) is 4.02. The van der Waals surface area contributed by atoms with Crippen LogP contribution in [0.15, 0.2) is 23.1 Å². The molecule has 0 aliphatic rings. The SMILES string of the molecule is Cc1ccc(SCCO)c(C#N)c1. The van der Waals surface area contributed by atoms with Crippen LogP contribution in [-0.4, -0.2) is 17.5 Å². The molecule has 1 N–H and O–H groups in total. The van der Waals surface area contributed by atoms with Crippen LogP contribution in [0.4, 0.5) is 0 Å². The second-order valence-electron chi connectivity index (χ2n) is 2.68. The Kier molecular flexibility index (Phi) is 3.81. The molecular weight excluding hydrogens is 182 g/mol. The van der Waals surface area contributed by atoms with Crippen LogP contribution in [0.25, 0.3) is 0 Å². The number of hydrogen-bond acceptors (Lipinski definition) is 3. The second-order valence-corrected chi connectivity index (χ2v) is 3.82. The van der Waals surface area contributed by atoms with E-state index in [1.165, 1.54) is 11.8 Å². The molecule has 3 heteroatoms. The molecule has 1 aromatic carbocycles. The Morgan fingerprint density at radius 3 is 2.92 bits per heavy atom. The van der Waals surface area contributed by atoms with Crippen molar-refractivity contribution in [3.63, 3.8) is 0 Å². The summed E-state index contributed by atoms with van der Waals surface area (Å²) in [6.45, 7) is 2.10. The zero-order valence-electron chi connectivity index (χ0n) is 7.45. The van der Waals surface area contributed by atoms with Gasteiger partial charge in [-0.2, -0.15) is 5.26 Å². The average molecular weight is 193 g/mol. The minimum absolute atomic E-state index is 0.142. The molecule has 0 fully saturated rings. The molecule has 0 amide bonds. The Hall–Kier alpha value is -0.980. The molecule has 0 spiro atoms. The number of aliphatic hydroxyl groups is 1. The highest BCUT2D eigenvalue weighted by Gasteiger charge is 2.01. The number of rotatable bonds is 3. The molecule has 0 aliphatic carbocycles. The van der Waals surface area contributed by atoms with Crippen molar-refractivity contribution >= 4 is 11.8 Å². The lowest BCUT2D eigenvalue weighted by atomic mass is 10.2. The van der Waals surface area contributed by atoms with Crippen LogP contribution in [0.2, 0.25) is 0 Å². The predicted octanol–water partition coefficient (Wildman–Crippen LogP) is 1.95. The maximum atomic E-state index is 8.82. The second kappa shape index (κ2) is 4.90. The summed E-state index contributed by atoms with van der Waals surface area (Å²) in [7, 11) is 0. The number of thioether (sulfide) groups is 1. The van der Waals surface area contributed by atoms with Gasteiger partial charge in [-0.15, -0.1) is 11.8 Å². The van der Waals surface area contributed by atoms with E-state index >= 15 is 0 Å². The Morgan fingerprint density at radius 1 is 1.54 bits per heavy atom. The van der Waals surface area contributed by atoms with Gasteiger partial charge in [0.25, 0.3) is 0 Å². The summed E-state index contributed by atoms with van der Waals surface area (Å²) in [6, 6.07) is 7.90. The van der Waals surface area contributed by atoms with Crippen LogP contribution in [-0.2, 0) is 0 Å². The summed E-state index contributed by atoms with van der Waals surface area (Å²) in [5.41, 5.74) is 1.78. The first kappa shape index (κ1) is 10.1. The lowest BCUT2D eigenvalue weighted by molar-refractivity contribution is 0.322. The molecule has 0 radical (unpaired) electrons. The third-order valence-electron chi connectivity index (χ3n) is 1.60. The summed E-state index contributed by atoms with van der Waals surface area (Å²) < 4.78 is 0. The Balaban J connectivity index is 2.88. The summed E-state index contributed by atoms with van der Waals surface area (Å²) >= 11 is 1.51. The van der Waals surface area contributed by atoms with E-state index in [2.05, 4.69) is 6.07 Å². The minimum Gasteiger partial charge on any atom is -0.396 e. The van der Waals surface area contributed by atoms with Crippen molar-refractivity contribution in [1.82, 2.24) is 0 Å². The normalized spacial score (nSPS) is 9.62. The highest BCUT2D eigenvalue weighted by molar-refractivity contribution is 7.99. The van der Waals surface area contributed by atoms with Crippen molar-refractivity contribution in [3.05, 3.63) is 29.3 Å². The largest absolute Gasteiger partial charge is 0.396 e. The topological polar surface area (TPSA) is 44.0 Å². The summed E-state index contributed by atoms with van der Waals surface area (Å²) in [4.78, 5) is 0.946. The number of benzene rings is 1. The third kappa shape index (κ3) is 2.76. The van der Waals surface area contributed by atoms with Gasteiger partial charge in [0.05, 0.1) is 12.2 Å². The third-order valence-corrected chi connectivity index (χ3v) is 2.66. The predicted molar refractivity (Wildman–Crippen MR) is 53.7 cm³/mol. The van der Waals surface area contributed by atoms with Gasteiger partial charge in [0.15, 0.2) is 0 Å². The van der Waals surface area contributed by atoms with Crippen molar-refractivity contribution in [1.29, 1.82) is 5.26 Å². The monoisotopic (exact) mass is 193 g/mol. The summed E-state index contributed by atoms with van der Waals surface area (Å²) in [5, 5.41) is 17.5. The molecule has 0 heterocycles. The van der Waals surface area contributed by atoms with E-state index < -0.39 is 0 Å². The molecule has 0 unspecified atom stereocenters. The lowest BCUT2D eigenvalue weighted by Gasteiger charge is -2.02. The molecule has 13 heavy (non-hydrogen) atoms. The van der Waals surface area contributed by atoms with E-state index in [9.17, 15) is 0 Å². The van der Waals surface area contributed by atoms with Gasteiger partial charge < -0.3 is 5.11 Å². The van der Waals surface area contributed by atoms with Gasteiger partial charge in [-0.1, -0.05) is 6.07 Å². The number of aliphatic hydroxyl groups excluding tert-OH is 1. The highest BCUT2D eigenvalue weighted by Crippen LogP contribution is 2.22. The van der Waals surface area contributed by atoms with Gasteiger partial charge in [-0.25, -0.2) is 0 Å². The van der Waals surface area contributed by atoms with Gasteiger partial charge in [0, 0.05) is 10.6 Å². The zero-order valence-corrected chi connectivity index (χ0v) is 8.27. The zero-order chi connectivity index (χ0) is 9.68. The first-order chi connectivity index (χ1) is 6.27. The molecule has 68 valence electrons. The summed E-state index contributed by atoms with van der Waals surface area (Å²) in [5.74, 6) is 0.637. The van der Waals surface area contributed by atoms with Crippen molar-refractivity contribution in [2.45, 2.75) is 11.8 Å². The van der Waals surface area contributed by atoms with Crippen molar-refractivity contribution in [2.75, 3.05) is 12.4 Å². The molecule has 2 nitrogen and oxygen atoms in total. The van der Waals surface area contributed by atoms with Crippen molar-refractivity contribution < 1.29 is 5.11 Å². The molecule has 0 atom stereocenters. The quantitative estimate of drug-likeness (QED) is 0.746. The van der Waals surface area contributed by atoms with Crippen molar-refractivity contribution in [2.24, 2.45) is 0 Å². The van der Waals surface area contributed by atoms with E-state index in [-0.39, 0.29) is 6.61 Å². The first-order valence-corrected chi connectivity index (χ1v) is 5.01. The Labute approximate surface area is 82.2 Å². The number of nitrogens with zero attached hydrogens (tertiary/aromatic N) is 1. The van der Waals surface area contributed by atoms with Crippen LogP contribution in [0, 0.1) is 18.3 Å². The van der Waals surface area contributed by atoms with Crippen LogP contribution in [0.5, 0.6) is 0 Å². The van der Waals surface area contributed by atoms with Crippen LogP contribution in [0.1, 0.15) is 11.1 Å². The van der Waals surface area contributed by atoms with E-state index in [0.29, 0.717) is 11.3 Å². The number of aryl methyl sites for hydroxylation is 1. The van der Waals surface area contributed by atoms with Gasteiger partial charge in [0.1, 0.15) is 6.07 Å². The van der Waals surface area contributed by atoms with Crippen LogP contribution >= 0.6 is 11.8 Å². The van der Waals surface area contributed by atoms with Gasteiger partial charge in [-0.3, -0.25) is 0 Å². The fraction of sp³-hybridized carbons (Fsp3) is 0.300. The maximum Gasteiger partial charge on any atom is 0.100 e. The minimum atomic E-state index is 0.142. The van der Waals surface area contributed by atoms with Gasteiger partial charge in [-0.05, 0) is 24.6 Å².